The van der Waals surface area contributed by atoms with Crippen molar-refractivity contribution >= 4 is 6.09 Å². The lowest BCUT2D eigenvalue weighted by atomic mass is 10.2. The van der Waals surface area contributed by atoms with Crippen LogP contribution in [0.2, 0.25) is 0 Å². The molecule has 0 saturated heterocycles. The van der Waals surface area contributed by atoms with E-state index in [1.54, 1.807) is 6.20 Å². The highest BCUT2D eigenvalue weighted by molar-refractivity contribution is 5.66. The third-order valence-electron chi connectivity index (χ3n) is 2.88. The summed E-state index contributed by atoms with van der Waals surface area (Å²) in [5.74, 6) is 0.889. The Balaban J connectivity index is 1.99. The lowest BCUT2D eigenvalue weighted by Crippen LogP contribution is -2.41. The first-order valence-corrected chi connectivity index (χ1v) is 7.17. The minimum Gasteiger partial charge on any atom is -0.443 e. The van der Waals surface area contributed by atoms with Crippen molar-refractivity contribution in [3.63, 3.8) is 0 Å². The zero-order chi connectivity index (χ0) is 16.2. The van der Waals surface area contributed by atoms with Gasteiger partial charge in [-0.2, -0.15) is 0 Å². The maximum Gasteiger partial charge on any atom is 0.422 e. The van der Waals surface area contributed by atoms with E-state index >= 15 is 0 Å². The molecule has 1 aromatic carbocycles. The minimum atomic E-state index is -0.520. The van der Waals surface area contributed by atoms with Gasteiger partial charge in [-0.15, -0.1) is 0 Å². The van der Waals surface area contributed by atoms with Crippen molar-refractivity contribution in [2.75, 3.05) is 0 Å². The Morgan fingerprint density at radius 2 is 1.95 bits per heavy atom. The molecule has 0 spiro atoms. The quantitative estimate of drug-likeness (QED) is 0.852. The van der Waals surface area contributed by atoms with Crippen LogP contribution in [0.1, 0.15) is 32.3 Å². The van der Waals surface area contributed by atoms with Crippen LogP contribution in [0.3, 0.4) is 0 Å². The van der Waals surface area contributed by atoms with Crippen molar-refractivity contribution in [1.29, 1.82) is 0 Å². The highest BCUT2D eigenvalue weighted by Gasteiger charge is 2.16. The number of rotatable bonds is 4. The van der Waals surface area contributed by atoms with Gasteiger partial charge >= 0.3 is 6.09 Å². The van der Waals surface area contributed by atoms with Gasteiger partial charge in [0.05, 0.1) is 18.4 Å². The standard InChI is InChI=1S/C16H22N4O2/c1-12-17-10-14(20(12)13-8-6-5-7-9-13)11-18-19-15(21)22-16(2,3)4/h5-10,18H,11H2,1-4H3,(H,19,21). The van der Waals surface area contributed by atoms with Gasteiger partial charge in [0, 0.05) is 5.69 Å². The first-order chi connectivity index (χ1) is 10.4. The fraction of sp³-hybridized carbons (Fsp3) is 0.375. The summed E-state index contributed by atoms with van der Waals surface area (Å²) in [6.07, 6.45) is 1.28. The molecule has 6 nitrogen and oxygen atoms in total. The molecule has 0 radical (unpaired) electrons. The number of aryl methyl sites for hydroxylation is 1. The van der Waals surface area contributed by atoms with E-state index < -0.39 is 11.7 Å². The Bertz CT molecular complexity index is 629. The Kier molecular flexibility index (Phi) is 4.82. The summed E-state index contributed by atoms with van der Waals surface area (Å²) in [4.78, 5) is 15.9. The van der Waals surface area contributed by atoms with E-state index in [0.29, 0.717) is 6.54 Å². The summed E-state index contributed by atoms with van der Waals surface area (Å²) >= 11 is 0. The zero-order valence-corrected chi connectivity index (χ0v) is 13.4. The van der Waals surface area contributed by atoms with Gasteiger partial charge in [0.25, 0.3) is 0 Å². The van der Waals surface area contributed by atoms with Crippen molar-refractivity contribution in [3.8, 4) is 5.69 Å². The molecule has 22 heavy (non-hydrogen) atoms. The Morgan fingerprint density at radius 3 is 2.59 bits per heavy atom. The van der Waals surface area contributed by atoms with Gasteiger partial charge in [0.2, 0.25) is 0 Å². The van der Waals surface area contributed by atoms with Crippen molar-refractivity contribution in [2.45, 2.75) is 39.8 Å². The summed E-state index contributed by atoms with van der Waals surface area (Å²) in [5, 5.41) is 0. The molecule has 0 aliphatic rings. The van der Waals surface area contributed by atoms with Crippen molar-refractivity contribution < 1.29 is 9.53 Å². The maximum atomic E-state index is 11.6. The van der Waals surface area contributed by atoms with Gasteiger partial charge in [-0.25, -0.2) is 15.2 Å². The number of hydrazine groups is 1. The predicted molar refractivity (Wildman–Crippen MR) is 84.5 cm³/mol. The number of imidazole rings is 1. The number of benzene rings is 1. The maximum absolute atomic E-state index is 11.6. The second-order valence-electron chi connectivity index (χ2n) is 5.95. The number of amides is 1. The van der Waals surface area contributed by atoms with Gasteiger partial charge in [0.1, 0.15) is 11.4 Å². The monoisotopic (exact) mass is 302 g/mol. The van der Waals surface area contributed by atoms with Crippen LogP contribution in [-0.2, 0) is 11.3 Å². The Hall–Kier alpha value is -2.34. The Morgan fingerprint density at radius 1 is 1.27 bits per heavy atom. The van der Waals surface area contributed by atoms with Crippen LogP contribution in [0, 0.1) is 6.92 Å². The highest BCUT2D eigenvalue weighted by atomic mass is 16.6. The van der Waals surface area contributed by atoms with Gasteiger partial charge < -0.3 is 4.74 Å². The minimum absolute atomic E-state index is 0.439. The lowest BCUT2D eigenvalue weighted by Gasteiger charge is -2.20. The third kappa shape index (κ3) is 4.33. The van der Waals surface area contributed by atoms with Crippen molar-refractivity contribution in [1.82, 2.24) is 20.4 Å². The van der Waals surface area contributed by atoms with E-state index in [9.17, 15) is 4.79 Å². The van der Waals surface area contributed by atoms with E-state index in [-0.39, 0.29) is 0 Å². The number of carbonyl (C=O) groups excluding carboxylic acids is 1. The second-order valence-corrected chi connectivity index (χ2v) is 5.95. The van der Waals surface area contributed by atoms with E-state index in [4.69, 9.17) is 4.74 Å². The van der Waals surface area contributed by atoms with Gasteiger partial charge in [0.15, 0.2) is 0 Å². The second kappa shape index (κ2) is 6.62. The van der Waals surface area contributed by atoms with E-state index in [0.717, 1.165) is 17.2 Å². The van der Waals surface area contributed by atoms with Crippen LogP contribution < -0.4 is 10.9 Å². The SMILES string of the molecule is Cc1ncc(CNNC(=O)OC(C)(C)C)n1-c1ccccc1. The number of hydrogen-bond acceptors (Lipinski definition) is 4. The molecule has 0 bridgehead atoms. The number of hydrogen-bond donors (Lipinski definition) is 2. The van der Waals surface area contributed by atoms with Crippen LogP contribution in [0.25, 0.3) is 5.69 Å². The van der Waals surface area contributed by atoms with Crippen LogP contribution in [0.4, 0.5) is 4.79 Å². The summed E-state index contributed by atoms with van der Waals surface area (Å²) in [5.41, 5.74) is 6.84. The van der Waals surface area contributed by atoms with Gasteiger partial charge in [-0.1, -0.05) is 18.2 Å². The van der Waals surface area contributed by atoms with E-state index in [1.807, 2.05) is 62.6 Å². The molecule has 0 aliphatic heterocycles. The predicted octanol–water partition coefficient (Wildman–Crippen LogP) is 2.71. The number of nitrogens with one attached hydrogen (secondary N) is 2. The molecule has 2 rings (SSSR count). The van der Waals surface area contributed by atoms with Gasteiger partial charge in [-0.3, -0.25) is 9.99 Å². The molecule has 1 aromatic heterocycles. The van der Waals surface area contributed by atoms with Crippen LogP contribution in [0.5, 0.6) is 0 Å². The molecule has 0 saturated carbocycles. The van der Waals surface area contributed by atoms with Crippen molar-refractivity contribution in [3.05, 3.63) is 48.0 Å². The zero-order valence-electron chi connectivity index (χ0n) is 13.4. The molecular weight excluding hydrogens is 280 g/mol. The fourth-order valence-corrected chi connectivity index (χ4v) is 2.06. The van der Waals surface area contributed by atoms with E-state index in [1.165, 1.54) is 0 Å². The highest BCUT2D eigenvalue weighted by Crippen LogP contribution is 2.14. The first-order valence-electron chi connectivity index (χ1n) is 7.17. The molecular formula is C16H22N4O2. The molecule has 1 amide bonds. The molecule has 2 N–H and O–H groups in total. The molecule has 0 unspecified atom stereocenters. The Labute approximate surface area is 130 Å². The largest absolute Gasteiger partial charge is 0.443 e. The van der Waals surface area contributed by atoms with E-state index in [2.05, 4.69) is 15.8 Å². The lowest BCUT2D eigenvalue weighted by molar-refractivity contribution is 0.0496. The molecule has 0 fully saturated rings. The number of nitrogens with zero attached hydrogens (tertiary/aromatic N) is 2. The molecule has 0 aliphatic carbocycles. The van der Waals surface area contributed by atoms with Crippen LogP contribution in [0.15, 0.2) is 36.5 Å². The third-order valence-corrected chi connectivity index (χ3v) is 2.88. The number of ether oxygens (including phenoxy) is 1. The molecule has 0 atom stereocenters. The normalized spacial score (nSPS) is 11.3. The first kappa shape index (κ1) is 16.0. The average molecular weight is 302 g/mol. The number of aromatic nitrogens is 2. The average Bonchev–Trinajstić information content (AvgIpc) is 2.79. The summed E-state index contributed by atoms with van der Waals surface area (Å²) in [6, 6.07) is 9.95. The number of carbonyl (C=O) groups is 1. The fourth-order valence-electron chi connectivity index (χ4n) is 2.06. The van der Waals surface area contributed by atoms with Crippen LogP contribution in [-0.4, -0.2) is 21.2 Å². The summed E-state index contributed by atoms with van der Waals surface area (Å²) < 4.78 is 7.19. The molecule has 2 aromatic rings. The number of para-hydroxylation sites is 1. The molecule has 118 valence electrons. The molecule has 6 heteroatoms. The summed E-state index contributed by atoms with van der Waals surface area (Å²) in [7, 11) is 0. The topological polar surface area (TPSA) is 68.2 Å². The molecule has 1 heterocycles. The smallest absolute Gasteiger partial charge is 0.422 e. The van der Waals surface area contributed by atoms with Gasteiger partial charge in [-0.05, 0) is 39.8 Å². The van der Waals surface area contributed by atoms with Crippen LogP contribution >= 0.6 is 0 Å². The van der Waals surface area contributed by atoms with Crippen molar-refractivity contribution in [2.24, 2.45) is 0 Å². The summed E-state index contributed by atoms with van der Waals surface area (Å²) in [6.45, 7) is 7.84.